The third-order valence-electron chi connectivity index (χ3n) is 4.98. The Morgan fingerprint density at radius 2 is 2.08 bits per heavy atom. The van der Waals surface area contributed by atoms with E-state index in [1.165, 1.54) is 31.0 Å². The fourth-order valence-corrected chi connectivity index (χ4v) is 4.43. The van der Waals surface area contributed by atoms with Gasteiger partial charge in [-0.25, -0.2) is 0 Å². The van der Waals surface area contributed by atoms with E-state index >= 15 is 0 Å². The Hall–Kier alpha value is -1.08. The van der Waals surface area contributed by atoms with E-state index in [0.29, 0.717) is 11.8 Å². The van der Waals surface area contributed by atoms with Gasteiger partial charge >= 0.3 is 0 Å². The highest BCUT2D eigenvalue weighted by molar-refractivity contribution is 7.99. The predicted molar refractivity (Wildman–Crippen MR) is 98.7 cm³/mol. The van der Waals surface area contributed by atoms with Crippen molar-refractivity contribution >= 4 is 17.7 Å². The lowest BCUT2D eigenvalue weighted by Crippen LogP contribution is -2.37. The van der Waals surface area contributed by atoms with Crippen LogP contribution in [0.1, 0.15) is 64.1 Å². The van der Waals surface area contributed by atoms with Crippen LogP contribution in [0, 0.1) is 0 Å². The first-order valence-corrected chi connectivity index (χ1v) is 10.7. The number of hydrogen-bond acceptors (Lipinski definition) is 5. The van der Waals surface area contributed by atoms with Crippen molar-refractivity contribution in [3.8, 4) is 0 Å². The zero-order valence-electron chi connectivity index (χ0n) is 15.2. The molecule has 3 rings (SSSR count). The van der Waals surface area contributed by atoms with Crippen molar-refractivity contribution in [2.75, 3.05) is 12.4 Å². The lowest BCUT2D eigenvalue weighted by molar-refractivity contribution is -0.119. The predicted octanol–water partition coefficient (Wildman–Crippen LogP) is 2.95. The second kappa shape index (κ2) is 9.57. The highest BCUT2D eigenvalue weighted by atomic mass is 32.2. The molecule has 0 radical (unpaired) electrons. The molecule has 6 nitrogen and oxygen atoms in total. The molecule has 1 N–H and O–H groups in total. The van der Waals surface area contributed by atoms with Gasteiger partial charge < -0.3 is 14.6 Å². The second-order valence-corrected chi connectivity index (χ2v) is 8.03. The van der Waals surface area contributed by atoms with Crippen LogP contribution in [0.25, 0.3) is 0 Å². The van der Waals surface area contributed by atoms with Crippen LogP contribution in [0.15, 0.2) is 5.16 Å². The Bertz CT molecular complexity index is 551. The third kappa shape index (κ3) is 5.45. The summed E-state index contributed by atoms with van der Waals surface area (Å²) in [6.07, 6.45) is 10.4. The van der Waals surface area contributed by atoms with Crippen molar-refractivity contribution in [1.29, 1.82) is 0 Å². The smallest absolute Gasteiger partial charge is 0.230 e. The SMILES string of the molecule is CCCc1nnc(SCC(=O)NC2CCCCC2)n1CC1CCCO1. The van der Waals surface area contributed by atoms with Crippen LogP contribution in [0.4, 0.5) is 0 Å². The molecule has 1 saturated heterocycles. The Balaban J connectivity index is 1.55. The second-order valence-electron chi connectivity index (χ2n) is 7.09. The first-order chi connectivity index (χ1) is 12.3. The maximum absolute atomic E-state index is 12.3. The molecule has 7 heteroatoms. The minimum atomic E-state index is 0.112. The molecule has 1 aromatic rings. The van der Waals surface area contributed by atoms with Gasteiger partial charge in [-0.15, -0.1) is 10.2 Å². The number of ether oxygens (including phenoxy) is 1. The average Bonchev–Trinajstić information content (AvgIpc) is 3.26. The number of nitrogens with zero attached hydrogens (tertiary/aromatic N) is 3. The van der Waals surface area contributed by atoms with E-state index in [1.807, 2.05) is 0 Å². The van der Waals surface area contributed by atoms with E-state index in [0.717, 1.165) is 62.7 Å². The molecule has 1 atom stereocenters. The standard InChI is InChI=1S/C18H30N4O2S/c1-2-7-16-20-21-18(22(16)12-15-10-6-11-24-15)25-13-17(23)19-14-8-4-3-5-9-14/h14-15H,2-13H2,1H3,(H,19,23). The summed E-state index contributed by atoms with van der Waals surface area (Å²) in [5.41, 5.74) is 0. The monoisotopic (exact) mass is 366 g/mol. The highest BCUT2D eigenvalue weighted by Crippen LogP contribution is 2.22. The normalized spacial score (nSPS) is 21.6. The van der Waals surface area contributed by atoms with Crippen molar-refractivity contribution in [1.82, 2.24) is 20.1 Å². The molecule has 2 heterocycles. The lowest BCUT2D eigenvalue weighted by atomic mass is 9.95. The van der Waals surface area contributed by atoms with Crippen LogP contribution in [0.3, 0.4) is 0 Å². The van der Waals surface area contributed by atoms with Crippen LogP contribution in [0.2, 0.25) is 0 Å². The number of hydrogen-bond donors (Lipinski definition) is 1. The number of aromatic nitrogens is 3. The van der Waals surface area contributed by atoms with Crippen molar-refractivity contribution in [3.63, 3.8) is 0 Å². The quantitative estimate of drug-likeness (QED) is 0.717. The van der Waals surface area contributed by atoms with Gasteiger partial charge in [-0.1, -0.05) is 37.9 Å². The van der Waals surface area contributed by atoms with Gasteiger partial charge in [-0.05, 0) is 32.1 Å². The van der Waals surface area contributed by atoms with Gasteiger partial charge in [0.05, 0.1) is 18.4 Å². The third-order valence-corrected chi connectivity index (χ3v) is 5.95. The summed E-state index contributed by atoms with van der Waals surface area (Å²) in [5.74, 6) is 1.53. The Morgan fingerprint density at radius 1 is 1.24 bits per heavy atom. The van der Waals surface area contributed by atoms with Gasteiger partial charge in [0.1, 0.15) is 5.82 Å². The Kier molecular flexibility index (Phi) is 7.16. The van der Waals surface area contributed by atoms with Crippen LogP contribution in [-0.2, 0) is 22.5 Å². The number of rotatable bonds is 8. The summed E-state index contributed by atoms with van der Waals surface area (Å²) in [6, 6.07) is 0.363. The Morgan fingerprint density at radius 3 is 2.80 bits per heavy atom. The molecule has 1 saturated carbocycles. The van der Waals surface area contributed by atoms with E-state index < -0.39 is 0 Å². The summed E-state index contributed by atoms with van der Waals surface area (Å²) < 4.78 is 7.94. The molecule has 1 unspecified atom stereocenters. The first-order valence-electron chi connectivity index (χ1n) is 9.72. The molecule has 1 aliphatic heterocycles. The first kappa shape index (κ1) is 18.7. The molecular formula is C18H30N4O2S. The highest BCUT2D eigenvalue weighted by Gasteiger charge is 2.22. The van der Waals surface area contributed by atoms with Gasteiger partial charge in [-0.2, -0.15) is 0 Å². The maximum Gasteiger partial charge on any atom is 0.230 e. The van der Waals surface area contributed by atoms with Crippen LogP contribution in [0.5, 0.6) is 0 Å². The van der Waals surface area contributed by atoms with Crippen LogP contribution in [-0.4, -0.2) is 45.2 Å². The van der Waals surface area contributed by atoms with Crippen LogP contribution >= 0.6 is 11.8 Å². The fourth-order valence-electron chi connectivity index (χ4n) is 3.66. The largest absolute Gasteiger partial charge is 0.376 e. The van der Waals surface area contributed by atoms with E-state index in [1.54, 1.807) is 0 Å². The number of carbonyl (C=O) groups excluding carboxylic acids is 1. The molecule has 0 bridgehead atoms. The molecule has 1 amide bonds. The van der Waals surface area contributed by atoms with Gasteiger partial charge in [0.2, 0.25) is 5.91 Å². The van der Waals surface area contributed by atoms with E-state index in [9.17, 15) is 4.79 Å². The van der Waals surface area contributed by atoms with Gasteiger partial charge in [-0.3, -0.25) is 4.79 Å². The van der Waals surface area contributed by atoms with Crippen molar-refractivity contribution in [3.05, 3.63) is 5.82 Å². The van der Waals surface area contributed by atoms with Gasteiger partial charge in [0.15, 0.2) is 5.16 Å². The van der Waals surface area contributed by atoms with Crippen molar-refractivity contribution in [2.24, 2.45) is 0 Å². The Labute approximate surface area is 154 Å². The number of amides is 1. The molecule has 1 aromatic heterocycles. The van der Waals surface area contributed by atoms with Crippen molar-refractivity contribution < 1.29 is 9.53 Å². The van der Waals surface area contributed by atoms with Gasteiger partial charge in [0, 0.05) is 19.1 Å². The van der Waals surface area contributed by atoms with Gasteiger partial charge in [0.25, 0.3) is 0 Å². The summed E-state index contributed by atoms with van der Waals surface area (Å²) >= 11 is 1.50. The zero-order chi connectivity index (χ0) is 17.5. The van der Waals surface area contributed by atoms with Crippen molar-refractivity contribution in [2.45, 2.75) is 88.6 Å². The minimum Gasteiger partial charge on any atom is -0.376 e. The van der Waals surface area contributed by atoms with E-state index in [-0.39, 0.29) is 12.0 Å². The number of nitrogens with one attached hydrogen (secondary N) is 1. The molecule has 1 aliphatic carbocycles. The summed E-state index contributed by atoms with van der Waals surface area (Å²) in [5, 5.41) is 12.7. The van der Waals surface area contributed by atoms with Crippen LogP contribution < -0.4 is 5.32 Å². The van der Waals surface area contributed by atoms with E-state index in [2.05, 4.69) is 27.0 Å². The summed E-state index contributed by atoms with van der Waals surface area (Å²) in [6.45, 7) is 3.80. The minimum absolute atomic E-state index is 0.112. The zero-order valence-corrected chi connectivity index (χ0v) is 16.0. The topological polar surface area (TPSA) is 69.0 Å². The molecular weight excluding hydrogens is 336 g/mol. The lowest BCUT2D eigenvalue weighted by Gasteiger charge is -2.22. The number of thioether (sulfide) groups is 1. The average molecular weight is 367 g/mol. The van der Waals surface area contributed by atoms with E-state index in [4.69, 9.17) is 4.74 Å². The molecule has 25 heavy (non-hydrogen) atoms. The summed E-state index contributed by atoms with van der Waals surface area (Å²) in [4.78, 5) is 12.3. The number of aryl methyl sites for hydroxylation is 1. The molecule has 2 aliphatic rings. The fraction of sp³-hybridized carbons (Fsp3) is 0.833. The molecule has 0 spiro atoms. The molecule has 2 fully saturated rings. The molecule has 0 aromatic carbocycles. The molecule has 140 valence electrons. The summed E-state index contributed by atoms with van der Waals surface area (Å²) in [7, 11) is 0. The maximum atomic E-state index is 12.3. The number of carbonyl (C=O) groups is 1.